The molecule has 29 heavy (non-hydrogen) atoms. The molecule has 1 heterocycles. The highest BCUT2D eigenvalue weighted by atomic mass is 32.2. The minimum Gasteiger partial charge on any atom is -0.348 e. The van der Waals surface area contributed by atoms with Gasteiger partial charge in [0, 0.05) is 12.7 Å². The molecule has 0 atom stereocenters. The van der Waals surface area contributed by atoms with Gasteiger partial charge in [-0.25, -0.2) is 12.8 Å². The van der Waals surface area contributed by atoms with Crippen LogP contribution in [-0.2, 0) is 16.6 Å². The van der Waals surface area contributed by atoms with E-state index in [1.165, 1.54) is 24.4 Å². The van der Waals surface area contributed by atoms with Crippen LogP contribution >= 0.6 is 0 Å². The predicted octanol–water partition coefficient (Wildman–Crippen LogP) is 3.57. The first-order valence-electron chi connectivity index (χ1n) is 8.83. The molecule has 1 aromatic heterocycles. The molecule has 0 saturated carbocycles. The number of halogens is 1. The average Bonchev–Trinajstić information content (AvgIpc) is 2.70. The number of sulfonamides is 1. The number of nitrogens with one attached hydrogen (secondary N) is 2. The molecule has 1 amide bonds. The van der Waals surface area contributed by atoms with Gasteiger partial charge in [0.1, 0.15) is 10.7 Å². The fourth-order valence-electron chi connectivity index (χ4n) is 2.75. The lowest BCUT2D eigenvalue weighted by molar-refractivity contribution is 0.0947. The van der Waals surface area contributed by atoms with Crippen LogP contribution in [0.2, 0.25) is 0 Å². The Morgan fingerprint density at radius 3 is 2.55 bits per heavy atom. The van der Waals surface area contributed by atoms with E-state index in [9.17, 15) is 17.6 Å². The molecule has 0 fully saturated rings. The van der Waals surface area contributed by atoms with Crippen LogP contribution in [0.4, 0.5) is 10.1 Å². The molecule has 0 aliphatic carbocycles. The van der Waals surface area contributed by atoms with E-state index in [0.717, 1.165) is 0 Å². The molecule has 0 aliphatic heterocycles. The van der Waals surface area contributed by atoms with Crippen LogP contribution in [0.25, 0.3) is 0 Å². The number of nitrogens with zero attached hydrogens (tertiary/aromatic N) is 1. The summed E-state index contributed by atoms with van der Waals surface area (Å²) in [4.78, 5) is 16.4. The van der Waals surface area contributed by atoms with Gasteiger partial charge in [0.05, 0.1) is 17.4 Å². The van der Waals surface area contributed by atoms with E-state index in [1.54, 1.807) is 50.4 Å². The van der Waals surface area contributed by atoms with Crippen molar-refractivity contribution in [3.8, 4) is 0 Å². The summed E-state index contributed by atoms with van der Waals surface area (Å²) < 4.78 is 41.6. The van der Waals surface area contributed by atoms with Gasteiger partial charge < -0.3 is 5.32 Å². The van der Waals surface area contributed by atoms with Gasteiger partial charge in [0.2, 0.25) is 0 Å². The van der Waals surface area contributed by atoms with Crippen LogP contribution in [-0.4, -0.2) is 19.3 Å². The molecular formula is C21H20FN3O3S. The van der Waals surface area contributed by atoms with E-state index in [0.29, 0.717) is 22.4 Å². The van der Waals surface area contributed by atoms with Crippen molar-refractivity contribution in [2.45, 2.75) is 25.3 Å². The van der Waals surface area contributed by atoms with Crippen molar-refractivity contribution in [3.05, 3.63) is 89.0 Å². The number of benzene rings is 2. The summed E-state index contributed by atoms with van der Waals surface area (Å²) >= 11 is 0. The summed E-state index contributed by atoms with van der Waals surface area (Å²) in [6, 6.07) is 12.1. The standard InChI is InChI=1S/C21H20FN3O3S/c1-14-9-10-23-13-19(14)25-29(27,28)20-6-4-3-5-17(20)21(26)24-12-16-7-8-18(22)15(2)11-16/h3-11,13,25H,12H2,1-2H3,(H,24,26). The number of carbonyl (C=O) groups excluding carboxylic acids is 1. The topological polar surface area (TPSA) is 88.2 Å². The highest BCUT2D eigenvalue weighted by Gasteiger charge is 2.22. The second-order valence-corrected chi connectivity index (χ2v) is 8.21. The van der Waals surface area contributed by atoms with Gasteiger partial charge in [-0.1, -0.05) is 24.3 Å². The molecule has 2 N–H and O–H groups in total. The monoisotopic (exact) mass is 413 g/mol. The first-order valence-corrected chi connectivity index (χ1v) is 10.3. The average molecular weight is 413 g/mol. The molecule has 0 unspecified atom stereocenters. The summed E-state index contributed by atoms with van der Waals surface area (Å²) in [6.07, 6.45) is 2.97. The fraction of sp³-hybridized carbons (Fsp3) is 0.143. The van der Waals surface area contributed by atoms with Crippen molar-refractivity contribution in [3.63, 3.8) is 0 Å². The normalized spacial score (nSPS) is 11.1. The van der Waals surface area contributed by atoms with Crippen LogP contribution in [0.3, 0.4) is 0 Å². The van der Waals surface area contributed by atoms with E-state index < -0.39 is 15.9 Å². The molecule has 0 saturated heterocycles. The third kappa shape index (κ3) is 4.78. The summed E-state index contributed by atoms with van der Waals surface area (Å²) in [6.45, 7) is 3.53. The van der Waals surface area contributed by atoms with E-state index in [-0.39, 0.29) is 22.8 Å². The smallest absolute Gasteiger partial charge is 0.262 e. The van der Waals surface area contributed by atoms with Crippen molar-refractivity contribution in [2.75, 3.05) is 4.72 Å². The maximum Gasteiger partial charge on any atom is 0.262 e. The lowest BCUT2D eigenvalue weighted by Crippen LogP contribution is -2.26. The molecule has 3 aromatic rings. The number of hydrogen-bond donors (Lipinski definition) is 2. The second-order valence-electron chi connectivity index (χ2n) is 6.56. The van der Waals surface area contributed by atoms with E-state index in [4.69, 9.17) is 0 Å². The van der Waals surface area contributed by atoms with Crippen LogP contribution in [0.5, 0.6) is 0 Å². The highest BCUT2D eigenvalue weighted by Crippen LogP contribution is 2.21. The van der Waals surface area contributed by atoms with Crippen LogP contribution in [0.15, 0.2) is 65.8 Å². The summed E-state index contributed by atoms with van der Waals surface area (Å²) in [5.74, 6) is -0.871. The summed E-state index contributed by atoms with van der Waals surface area (Å²) in [5.41, 5.74) is 2.24. The van der Waals surface area contributed by atoms with Crippen molar-refractivity contribution in [2.24, 2.45) is 0 Å². The lowest BCUT2D eigenvalue weighted by atomic mass is 10.1. The largest absolute Gasteiger partial charge is 0.348 e. The maximum atomic E-state index is 13.4. The number of aryl methyl sites for hydroxylation is 2. The van der Waals surface area contributed by atoms with Gasteiger partial charge in [-0.2, -0.15) is 0 Å². The molecule has 150 valence electrons. The van der Waals surface area contributed by atoms with Gasteiger partial charge >= 0.3 is 0 Å². The summed E-state index contributed by atoms with van der Waals surface area (Å²) in [5, 5.41) is 2.68. The molecule has 6 nitrogen and oxygen atoms in total. The summed E-state index contributed by atoms with van der Waals surface area (Å²) in [7, 11) is -4.01. The minimum absolute atomic E-state index is 0.0142. The van der Waals surface area contributed by atoms with Crippen molar-refractivity contribution >= 4 is 21.6 Å². The number of rotatable bonds is 6. The van der Waals surface area contributed by atoms with Gasteiger partial charge in [-0.05, 0) is 54.8 Å². The Morgan fingerprint density at radius 2 is 1.83 bits per heavy atom. The first kappa shape index (κ1) is 20.5. The molecule has 8 heteroatoms. The zero-order valence-electron chi connectivity index (χ0n) is 15.9. The zero-order chi connectivity index (χ0) is 21.0. The van der Waals surface area contributed by atoms with Crippen LogP contribution in [0.1, 0.15) is 27.0 Å². The van der Waals surface area contributed by atoms with Crippen molar-refractivity contribution < 1.29 is 17.6 Å². The Kier molecular flexibility index (Phi) is 5.93. The minimum atomic E-state index is -4.01. The number of carbonyl (C=O) groups is 1. The molecule has 0 radical (unpaired) electrons. The molecular weight excluding hydrogens is 393 g/mol. The third-order valence-corrected chi connectivity index (χ3v) is 5.80. The number of anilines is 1. The van der Waals surface area contributed by atoms with Gasteiger partial charge in [0.15, 0.2) is 0 Å². The Hall–Kier alpha value is -3.26. The van der Waals surface area contributed by atoms with Crippen molar-refractivity contribution in [1.82, 2.24) is 10.3 Å². The second kappa shape index (κ2) is 8.40. The lowest BCUT2D eigenvalue weighted by Gasteiger charge is -2.13. The molecule has 0 bridgehead atoms. The first-order chi connectivity index (χ1) is 13.8. The highest BCUT2D eigenvalue weighted by molar-refractivity contribution is 7.92. The number of hydrogen-bond acceptors (Lipinski definition) is 4. The SMILES string of the molecule is Cc1cc(CNC(=O)c2ccccc2S(=O)(=O)Nc2cnccc2C)ccc1F. The Balaban J connectivity index is 1.83. The molecule has 0 spiro atoms. The van der Waals surface area contributed by atoms with Gasteiger partial charge in [0.25, 0.3) is 15.9 Å². The van der Waals surface area contributed by atoms with Crippen LogP contribution in [0, 0.1) is 19.7 Å². The number of pyridine rings is 1. The van der Waals surface area contributed by atoms with Gasteiger partial charge in [-0.15, -0.1) is 0 Å². The van der Waals surface area contributed by atoms with E-state index >= 15 is 0 Å². The predicted molar refractivity (Wildman–Crippen MR) is 109 cm³/mol. The number of amides is 1. The Labute approximate surface area is 168 Å². The van der Waals surface area contributed by atoms with Crippen LogP contribution < -0.4 is 10.0 Å². The van der Waals surface area contributed by atoms with Crippen molar-refractivity contribution in [1.29, 1.82) is 0 Å². The van der Waals surface area contributed by atoms with Gasteiger partial charge in [-0.3, -0.25) is 14.5 Å². The quantitative estimate of drug-likeness (QED) is 0.647. The molecule has 3 rings (SSSR count). The maximum absolute atomic E-state index is 13.4. The van der Waals surface area contributed by atoms with E-state index in [2.05, 4.69) is 15.0 Å². The van der Waals surface area contributed by atoms with E-state index in [1.807, 2.05) is 0 Å². The fourth-order valence-corrected chi connectivity index (χ4v) is 4.07. The Morgan fingerprint density at radius 1 is 1.07 bits per heavy atom. The molecule has 0 aliphatic rings. The molecule has 2 aromatic carbocycles. The Bertz CT molecular complexity index is 1160. The third-order valence-electron chi connectivity index (χ3n) is 4.38. The number of aromatic nitrogens is 1. The zero-order valence-corrected chi connectivity index (χ0v) is 16.8.